The minimum Gasteiger partial charge on any atom is -0.321 e. The largest absolute Gasteiger partial charge is 0.336 e. The van der Waals surface area contributed by atoms with Crippen molar-refractivity contribution in [2.45, 2.75) is 4.90 Å². The van der Waals surface area contributed by atoms with E-state index >= 15 is 0 Å². The minimum atomic E-state index is -3.59. The van der Waals surface area contributed by atoms with Crippen LogP contribution in [0.25, 0.3) is 11.0 Å². The fourth-order valence-corrected chi connectivity index (χ4v) is 4.39. The van der Waals surface area contributed by atoms with Gasteiger partial charge in [-0.1, -0.05) is 12.1 Å². The molecule has 0 unspecified atom stereocenters. The zero-order chi connectivity index (χ0) is 18.9. The van der Waals surface area contributed by atoms with Gasteiger partial charge in [0.25, 0.3) is 0 Å². The second kappa shape index (κ2) is 6.97. The van der Waals surface area contributed by atoms with Gasteiger partial charge in [0.2, 0.25) is 10.0 Å². The van der Waals surface area contributed by atoms with E-state index in [4.69, 9.17) is 0 Å². The van der Waals surface area contributed by atoms with Crippen LogP contribution in [-0.4, -0.2) is 64.5 Å². The summed E-state index contributed by atoms with van der Waals surface area (Å²) in [6.07, 6.45) is 4.41. The monoisotopic (exact) mass is 386 g/mol. The van der Waals surface area contributed by atoms with Crippen molar-refractivity contribution < 1.29 is 13.2 Å². The molecular formula is C17H18N6O3S. The van der Waals surface area contributed by atoms with Gasteiger partial charge in [-0.25, -0.2) is 28.3 Å². The Morgan fingerprint density at radius 3 is 2.56 bits per heavy atom. The number of fused-ring (bicyclic) bond motifs is 1. The first kappa shape index (κ1) is 17.4. The second-order valence-electron chi connectivity index (χ2n) is 6.10. The maximum Gasteiger partial charge on any atom is 0.336 e. The van der Waals surface area contributed by atoms with Crippen LogP contribution in [0.5, 0.6) is 0 Å². The lowest BCUT2D eigenvalue weighted by Gasteiger charge is -2.33. The van der Waals surface area contributed by atoms with Crippen LogP contribution in [0.3, 0.4) is 0 Å². The molecule has 9 nitrogen and oxygen atoms in total. The third kappa shape index (κ3) is 3.36. The third-order valence-electron chi connectivity index (χ3n) is 4.47. The Labute approximate surface area is 156 Å². The summed E-state index contributed by atoms with van der Waals surface area (Å²) in [5.41, 5.74) is 4.36. The first-order chi connectivity index (χ1) is 13.1. The van der Waals surface area contributed by atoms with Crippen LogP contribution in [0.4, 0.5) is 4.79 Å². The van der Waals surface area contributed by atoms with Crippen molar-refractivity contribution in [3.8, 4) is 0 Å². The molecule has 3 heterocycles. The number of carbonyl (C=O) groups excluding carboxylic acids is 1. The molecule has 0 spiro atoms. The molecule has 1 fully saturated rings. The number of piperazine rings is 1. The molecule has 2 amide bonds. The van der Waals surface area contributed by atoms with Gasteiger partial charge in [0.15, 0.2) is 0 Å². The van der Waals surface area contributed by atoms with Crippen molar-refractivity contribution in [3.63, 3.8) is 0 Å². The smallest absolute Gasteiger partial charge is 0.321 e. The number of para-hydroxylation sites is 2. The van der Waals surface area contributed by atoms with Gasteiger partial charge in [-0.15, -0.1) is 0 Å². The average Bonchev–Trinajstić information content (AvgIpc) is 3.12. The molecule has 10 heteroatoms. The number of urea groups is 1. The molecule has 1 aromatic carbocycles. The Morgan fingerprint density at radius 1 is 1.04 bits per heavy atom. The zero-order valence-corrected chi connectivity index (χ0v) is 15.2. The Morgan fingerprint density at radius 2 is 1.81 bits per heavy atom. The number of aromatic nitrogens is 3. The molecule has 2 aromatic heterocycles. The van der Waals surface area contributed by atoms with E-state index in [-0.39, 0.29) is 24.0 Å². The molecule has 0 radical (unpaired) electrons. The van der Waals surface area contributed by atoms with Gasteiger partial charge in [-0.05, 0) is 24.3 Å². The van der Waals surface area contributed by atoms with Crippen LogP contribution in [0, 0.1) is 0 Å². The number of amides is 2. The number of hydrogen-bond acceptors (Lipinski definition) is 5. The predicted octanol–water partition coefficient (Wildman–Crippen LogP) is 1.10. The van der Waals surface area contributed by atoms with E-state index in [2.05, 4.69) is 15.4 Å². The molecule has 0 bridgehead atoms. The maximum atomic E-state index is 12.6. The molecule has 0 atom stereocenters. The van der Waals surface area contributed by atoms with Gasteiger partial charge >= 0.3 is 6.03 Å². The summed E-state index contributed by atoms with van der Waals surface area (Å²) in [7, 11) is -3.59. The van der Waals surface area contributed by atoms with Gasteiger partial charge in [0.1, 0.15) is 11.2 Å². The Balaban J connectivity index is 1.41. The normalized spacial score (nSPS) is 15.8. The molecule has 1 aliphatic rings. The SMILES string of the molecule is O=C(Nn1cnc2ccccc21)N1CCN(S(=O)(=O)c2cccnc2)CC1. The molecule has 1 N–H and O–H groups in total. The van der Waals surface area contributed by atoms with E-state index in [0.29, 0.717) is 13.1 Å². The molecular weight excluding hydrogens is 368 g/mol. The van der Waals surface area contributed by atoms with Crippen molar-refractivity contribution in [1.29, 1.82) is 0 Å². The van der Waals surface area contributed by atoms with E-state index in [1.165, 1.54) is 22.8 Å². The third-order valence-corrected chi connectivity index (χ3v) is 6.35. The Bertz CT molecular complexity index is 1060. The zero-order valence-electron chi connectivity index (χ0n) is 14.4. The van der Waals surface area contributed by atoms with Gasteiger partial charge in [0.05, 0.1) is 11.0 Å². The summed E-state index contributed by atoms with van der Waals surface area (Å²) in [6.45, 7) is 1.07. The number of hydrogen-bond donors (Lipinski definition) is 1. The quantitative estimate of drug-likeness (QED) is 0.727. The summed E-state index contributed by atoms with van der Waals surface area (Å²) >= 11 is 0. The maximum absolute atomic E-state index is 12.6. The molecule has 4 rings (SSSR count). The lowest BCUT2D eigenvalue weighted by molar-refractivity contribution is 0.182. The Hall–Kier alpha value is -2.98. The van der Waals surface area contributed by atoms with Crippen molar-refractivity contribution >= 4 is 27.1 Å². The summed E-state index contributed by atoms with van der Waals surface area (Å²) < 4.78 is 28.2. The van der Waals surface area contributed by atoms with E-state index < -0.39 is 10.0 Å². The molecule has 0 aliphatic carbocycles. The molecule has 0 saturated carbocycles. The van der Waals surface area contributed by atoms with Crippen molar-refractivity contribution in [1.82, 2.24) is 23.8 Å². The van der Waals surface area contributed by atoms with Crippen molar-refractivity contribution in [2.75, 3.05) is 31.6 Å². The van der Waals surface area contributed by atoms with Gasteiger partial charge < -0.3 is 4.90 Å². The Kier molecular flexibility index (Phi) is 4.50. The molecule has 3 aromatic rings. The minimum absolute atomic E-state index is 0.160. The van der Waals surface area contributed by atoms with Gasteiger partial charge in [0, 0.05) is 38.6 Å². The van der Waals surface area contributed by atoms with Crippen LogP contribution >= 0.6 is 0 Å². The van der Waals surface area contributed by atoms with Gasteiger partial charge in [-0.2, -0.15) is 4.31 Å². The highest BCUT2D eigenvalue weighted by atomic mass is 32.2. The van der Waals surface area contributed by atoms with E-state index in [1.54, 1.807) is 22.0 Å². The highest BCUT2D eigenvalue weighted by molar-refractivity contribution is 7.89. The van der Waals surface area contributed by atoms with Crippen LogP contribution < -0.4 is 5.43 Å². The number of nitrogens with zero attached hydrogens (tertiary/aromatic N) is 5. The number of rotatable bonds is 3. The van der Waals surface area contributed by atoms with Crippen LogP contribution in [0.2, 0.25) is 0 Å². The molecule has 140 valence electrons. The fourth-order valence-electron chi connectivity index (χ4n) is 3.00. The average molecular weight is 386 g/mol. The first-order valence-corrected chi connectivity index (χ1v) is 9.88. The summed E-state index contributed by atoms with van der Waals surface area (Å²) in [5, 5.41) is 0. The topological polar surface area (TPSA) is 100 Å². The standard InChI is InChI=1S/C17H18N6O3S/c24-17(20-23-13-19-15-5-1-2-6-16(15)23)21-8-10-22(11-9-21)27(25,26)14-4-3-7-18-12-14/h1-7,12-13H,8-11H2,(H,20,24). The van der Waals surface area contributed by atoms with E-state index in [9.17, 15) is 13.2 Å². The summed E-state index contributed by atoms with van der Waals surface area (Å²) in [4.78, 5) is 22.4. The molecule has 1 aliphatic heterocycles. The second-order valence-corrected chi connectivity index (χ2v) is 8.04. The van der Waals surface area contributed by atoms with E-state index in [1.807, 2.05) is 24.3 Å². The predicted molar refractivity (Wildman–Crippen MR) is 99.1 cm³/mol. The number of carbonyl (C=O) groups is 1. The highest BCUT2D eigenvalue weighted by Crippen LogP contribution is 2.17. The number of sulfonamides is 1. The number of benzene rings is 1. The van der Waals surface area contributed by atoms with Crippen LogP contribution in [-0.2, 0) is 10.0 Å². The van der Waals surface area contributed by atoms with Crippen LogP contribution in [0.15, 0.2) is 60.0 Å². The first-order valence-electron chi connectivity index (χ1n) is 8.44. The number of imidazole rings is 1. The summed E-state index contributed by atoms with van der Waals surface area (Å²) in [5.74, 6) is 0. The lowest BCUT2D eigenvalue weighted by atomic mass is 10.3. The van der Waals surface area contributed by atoms with Crippen LogP contribution in [0.1, 0.15) is 0 Å². The van der Waals surface area contributed by atoms with Crippen molar-refractivity contribution in [2.24, 2.45) is 0 Å². The molecule has 27 heavy (non-hydrogen) atoms. The fraction of sp³-hybridized carbons (Fsp3) is 0.235. The van der Waals surface area contributed by atoms with E-state index in [0.717, 1.165) is 11.0 Å². The van der Waals surface area contributed by atoms with Gasteiger partial charge in [-0.3, -0.25) is 4.98 Å². The molecule has 1 saturated heterocycles. The lowest BCUT2D eigenvalue weighted by Crippen LogP contribution is -2.52. The highest BCUT2D eigenvalue weighted by Gasteiger charge is 2.30. The number of pyridine rings is 1. The van der Waals surface area contributed by atoms with Crippen molar-refractivity contribution in [3.05, 3.63) is 55.1 Å². The number of nitrogens with one attached hydrogen (secondary N) is 1. The summed E-state index contributed by atoms with van der Waals surface area (Å²) in [6, 6.07) is 10.3.